The van der Waals surface area contributed by atoms with Gasteiger partial charge in [-0.3, -0.25) is 9.36 Å². The molecule has 0 N–H and O–H groups in total. The lowest BCUT2D eigenvalue weighted by Gasteiger charge is -2.15. The first-order valence-corrected chi connectivity index (χ1v) is 9.15. The molecule has 2 aromatic carbocycles. The first-order chi connectivity index (χ1) is 13.7. The Kier molecular flexibility index (Phi) is 4.73. The maximum Gasteiger partial charge on any atom is 0.264 e. The van der Waals surface area contributed by atoms with Gasteiger partial charge in [-0.2, -0.15) is 0 Å². The zero-order valence-electron chi connectivity index (χ0n) is 15.7. The van der Waals surface area contributed by atoms with Gasteiger partial charge in [0.15, 0.2) is 0 Å². The van der Waals surface area contributed by atoms with Crippen molar-refractivity contribution in [2.75, 3.05) is 0 Å². The second-order valence-corrected chi connectivity index (χ2v) is 6.66. The molecule has 0 amide bonds. The maximum absolute atomic E-state index is 13.3. The summed E-state index contributed by atoms with van der Waals surface area (Å²) in [6.07, 6.45) is 5.52. The third kappa shape index (κ3) is 3.30. The number of fused-ring (bicyclic) bond motifs is 1. The fourth-order valence-electron chi connectivity index (χ4n) is 3.36. The third-order valence-corrected chi connectivity index (χ3v) is 4.69. The molecule has 0 aliphatic carbocycles. The number of pyridine rings is 2. The van der Waals surface area contributed by atoms with Gasteiger partial charge in [0.05, 0.1) is 5.69 Å². The molecule has 0 saturated heterocycles. The van der Waals surface area contributed by atoms with E-state index in [1.165, 1.54) is 5.56 Å². The molecule has 0 aliphatic heterocycles. The molecular weight excluding hydrogens is 344 g/mol. The predicted octanol–water partition coefficient (Wildman–Crippen LogP) is 5.42. The Morgan fingerprint density at radius 1 is 1.00 bits per heavy atom. The Balaban J connectivity index is 2.04. The molecule has 0 unspecified atom stereocenters. The van der Waals surface area contributed by atoms with Crippen molar-refractivity contribution in [1.82, 2.24) is 9.55 Å². The van der Waals surface area contributed by atoms with E-state index in [1.54, 1.807) is 16.8 Å². The van der Waals surface area contributed by atoms with Crippen LogP contribution >= 0.6 is 0 Å². The second kappa shape index (κ2) is 7.49. The third-order valence-electron chi connectivity index (χ3n) is 4.69. The van der Waals surface area contributed by atoms with Crippen LogP contribution < -0.4 is 5.56 Å². The fraction of sp³-hybridized carbons (Fsp3) is 0.0400. The number of aromatic nitrogens is 2. The van der Waals surface area contributed by atoms with Crippen LogP contribution in [0.5, 0.6) is 0 Å². The summed E-state index contributed by atoms with van der Waals surface area (Å²) < 4.78 is 1.66. The molecule has 4 rings (SSSR count). The van der Waals surface area contributed by atoms with E-state index in [9.17, 15) is 4.79 Å². The topological polar surface area (TPSA) is 34.9 Å². The van der Waals surface area contributed by atoms with Gasteiger partial charge in [-0.15, -0.1) is 0 Å². The number of benzene rings is 2. The second-order valence-electron chi connectivity index (χ2n) is 6.66. The zero-order chi connectivity index (χ0) is 19.5. The summed E-state index contributed by atoms with van der Waals surface area (Å²) in [6, 6.07) is 23.4. The van der Waals surface area contributed by atoms with Gasteiger partial charge in [0.2, 0.25) is 0 Å². The SMILES string of the molecule is C=CC(=Cc1cccc(C)c1)c1cc2ccccc2c(=O)n1-c1ccccn1. The van der Waals surface area contributed by atoms with E-state index < -0.39 is 0 Å². The Morgan fingerprint density at radius 2 is 1.82 bits per heavy atom. The summed E-state index contributed by atoms with van der Waals surface area (Å²) in [4.78, 5) is 17.8. The van der Waals surface area contributed by atoms with Gasteiger partial charge < -0.3 is 0 Å². The zero-order valence-corrected chi connectivity index (χ0v) is 15.7. The molecule has 2 heterocycles. The van der Waals surface area contributed by atoms with Crippen LogP contribution in [-0.4, -0.2) is 9.55 Å². The first-order valence-electron chi connectivity index (χ1n) is 9.15. The minimum atomic E-state index is -0.0937. The van der Waals surface area contributed by atoms with Gasteiger partial charge in [0, 0.05) is 11.6 Å². The summed E-state index contributed by atoms with van der Waals surface area (Å²) in [5.41, 5.74) is 3.77. The molecule has 0 aliphatic rings. The van der Waals surface area contributed by atoms with E-state index in [0.29, 0.717) is 11.2 Å². The molecule has 136 valence electrons. The van der Waals surface area contributed by atoms with Crippen molar-refractivity contribution in [2.45, 2.75) is 6.92 Å². The monoisotopic (exact) mass is 364 g/mol. The molecule has 3 nitrogen and oxygen atoms in total. The Labute approximate surface area is 163 Å². The number of rotatable bonds is 4. The minimum Gasteiger partial charge on any atom is -0.268 e. The van der Waals surface area contributed by atoms with Crippen LogP contribution in [0.2, 0.25) is 0 Å². The van der Waals surface area contributed by atoms with E-state index in [0.717, 1.165) is 22.2 Å². The number of nitrogens with zero attached hydrogens (tertiary/aromatic N) is 2. The number of hydrogen-bond acceptors (Lipinski definition) is 2. The van der Waals surface area contributed by atoms with E-state index in [4.69, 9.17) is 0 Å². The van der Waals surface area contributed by atoms with Crippen molar-refractivity contribution in [1.29, 1.82) is 0 Å². The van der Waals surface area contributed by atoms with E-state index in [2.05, 4.69) is 30.6 Å². The number of allylic oxidation sites excluding steroid dienone is 2. The first kappa shape index (κ1) is 17.7. The van der Waals surface area contributed by atoms with Gasteiger partial charge in [-0.25, -0.2) is 4.98 Å². The highest BCUT2D eigenvalue weighted by Gasteiger charge is 2.13. The highest BCUT2D eigenvalue weighted by Crippen LogP contribution is 2.24. The van der Waals surface area contributed by atoms with Gasteiger partial charge in [-0.05, 0) is 53.8 Å². The van der Waals surface area contributed by atoms with Gasteiger partial charge in [0.1, 0.15) is 5.82 Å². The largest absolute Gasteiger partial charge is 0.268 e. The van der Waals surface area contributed by atoms with Crippen LogP contribution in [0.1, 0.15) is 16.8 Å². The van der Waals surface area contributed by atoms with Gasteiger partial charge >= 0.3 is 0 Å². The van der Waals surface area contributed by atoms with Crippen LogP contribution in [0.25, 0.3) is 28.2 Å². The summed E-state index contributed by atoms with van der Waals surface area (Å²) in [7, 11) is 0. The molecule has 3 heteroatoms. The number of hydrogen-bond donors (Lipinski definition) is 0. The van der Waals surface area contributed by atoms with Crippen LogP contribution in [0.4, 0.5) is 0 Å². The molecule has 0 bridgehead atoms. The number of aryl methyl sites for hydroxylation is 1. The maximum atomic E-state index is 13.3. The van der Waals surface area contributed by atoms with Crippen LogP contribution in [-0.2, 0) is 0 Å². The lowest BCUT2D eigenvalue weighted by atomic mass is 10.0. The van der Waals surface area contributed by atoms with Gasteiger partial charge in [0.25, 0.3) is 5.56 Å². The fourth-order valence-corrected chi connectivity index (χ4v) is 3.36. The van der Waals surface area contributed by atoms with Gasteiger partial charge in [-0.1, -0.05) is 66.7 Å². The molecule has 0 radical (unpaired) electrons. The van der Waals surface area contributed by atoms with Crippen molar-refractivity contribution < 1.29 is 0 Å². The van der Waals surface area contributed by atoms with E-state index in [1.807, 2.05) is 66.7 Å². The highest BCUT2D eigenvalue weighted by atomic mass is 16.1. The Hall–Kier alpha value is -3.72. The molecular formula is C25H20N2O. The molecule has 2 aromatic heterocycles. The Bertz CT molecular complexity index is 1250. The van der Waals surface area contributed by atoms with E-state index in [-0.39, 0.29) is 5.56 Å². The summed E-state index contributed by atoms with van der Waals surface area (Å²) >= 11 is 0. The van der Waals surface area contributed by atoms with Crippen molar-refractivity contribution >= 4 is 22.4 Å². The molecule has 28 heavy (non-hydrogen) atoms. The summed E-state index contributed by atoms with van der Waals surface area (Å²) in [5, 5.41) is 1.56. The average molecular weight is 364 g/mol. The lowest BCUT2D eigenvalue weighted by molar-refractivity contribution is 0.938. The molecule has 0 spiro atoms. The minimum absolute atomic E-state index is 0.0937. The normalized spacial score (nSPS) is 11.5. The van der Waals surface area contributed by atoms with Crippen LogP contribution in [0, 0.1) is 6.92 Å². The quantitative estimate of drug-likeness (QED) is 0.453. The van der Waals surface area contributed by atoms with E-state index >= 15 is 0 Å². The van der Waals surface area contributed by atoms with Crippen molar-refractivity contribution in [3.63, 3.8) is 0 Å². The van der Waals surface area contributed by atoms with Crippen molar-refractivity contribution in [2.24, 2.45) is 0 Å². The standard InChI is InChI=1S/C25H20N2O/c1-3-20(16-19-10-8-9-18(2)15-19)23-17-21-11-4-5-12-22(21)25(28)27(23)24-13-6-7-14-26-24/h3-17H,1H2,2H3. The predicted molar refractivity (Wildman–Crippen MR) is 117 cm³/mol. The molecule has 4 aromatic rings. The van der Waals surface area contributed by atoms with Crippen LogP contribution in [0.3, 0.4) is 0 Å². The summed E-state index contributed by atoms with van der Waals surface area (Å²) in [5.74, 6) is 0.588. The molecule has 0 fully saturated rings. The smallest absolute Gasteiger partial charge is 0.264 e. The lowest BCUT2D eigenvalue weighted by Crippen LogP contribution is -2.22. The van der Waals surface area contributed by atoms with Crippen molar-refractivity contribution in [3.8, 4) is 5.82 Å². The van der Waals surface area contributed by atoms with Crippen LogP contribution in [0.15, 0.2) is 96.4 Å². The Morgan fingerprint density at radius 3 is 2.57 bits per heavy atom. The average Bonchev–Trinajstić information content (AvgIpc) is 2.73. The summed E-state index contributed by atoms with van der Waals surface area (Å²) in [6.45, 7) is 6.06. The highest BCUT2D eigenvalue weighted by molar-refractivity contribution is 5.91. The molecule has 0 saturated carbocycles. The molecule has 0 atom stereocenters. The van der Waals surface area contributed by atoms with Crippen molar-refractivity contribution in [3.05, 3.63) is 119 Å².